The summed E-state index contributed by atoms with van der Waals surface area (Å²) in [6.07, 6.45) is -4.29. The number of nitrogen functional groups attached to an aromatic ring is 1. The molecule has 7 heteroatoms. The molecule has 2 N–H and O–H groups in total. The van der Waals surface area contributed by atoms with E-state index in [1.165, 1.54) is 18.1 Å². The van der Waals surface area contributed by atoms with Crippen LogP contribution in [0.3, 0.4) is 0 Å². The minimum absolute atomic E-state index is 0.0223. The molecule has 0 saturated heterocycles. The van der Waals surface area contributed by atoms with E-state index in [0.29, 0.717) is 5.56 Å². The Kier molecular flexibility index (Phi) is 5.38. The number of hydrogen-bond acceptors (Lipinski definition) is 4. The van der Waals surface area contributed by atoms with Crippen LogP contribution in [0.4, 0.5) is 18.9 Å². The summed E-state index contributed by atoms with van der Waals surface area (Å²) in [4.78, 5) is 12.8. The molecule has 0 aromatic heterocycles. The minimum Gasteiger partial charge on any atom is -0.465 e. The first-order valence-corrected chi connectivity index (χ1v) is 6.03. The number of rotatable bonds is 5. The molecule has 0 bridgehead atoms. The first-order valence-electron chi connectivity index (χ1n) is 6.03. The van der Waals surface area contributed by atoms with Crippen LogP contribution in [0.1, 0.15) is 22.8 Å². The lowest BCUT2D eigenvalue weighted by molar-refractivity contribution is -0.146. The van der Waals surface area contributed by atoms with E-state index < -0.39 is 18.7 Å². The Morgan fingerprint density at radius 2 is 2.05 bits per heavy atom. The molecule has 0 aliphatic rings. The van der Waals surface area contributed by atoms with E-state index in [1.807, 2.05) is 0 Å². The smallest absolute Gasteiger partial charge is 0.401 e. The molecule has 1 rings (SSSR count). The summed E-state index contributed by atoms with van der Waals surface area (Å²) in [5.74, 6) is -0.652. The zero-order valence-corrected chi connectivity index (χ0v) is 11.3. The molecule has 0 heterocycles. The quantitative estimate of drug-likeness (QED) is 0.668. The number of nitrogens with two attached hydrogens (primary N) is 1. The third kappa shape index (κ3) is 4.41. The van der Waals surface area contributed by atoms with Crippen molar-refractivity contribution in [2.24, 2.45) is 0 Å². The maximum absolute atomic E-state index is 12.4. The predicted octanol–water partition coefficient (Wildman–Crippen LogP) is 2.44. The predicted molar refractivity (Wildman–Crippen MR) is 69.2 cm³/mol. The zero-order valence-electron chi connectivity index (χ0n) is 11.3. The molecule has 0 spiro atoms. The van der Waals surface area contributed by atoms with Gasteiger partial charge >= 0.3 is 12.1 Å². The van der Waals surface area contributed by atoms with Crippen molar-refractivity contribution in [1.82, 2.24) is 4.90 Å². The summed E-state index contributed by atoms with van der Waals surface area (Å²) in [5.41, 5.74) is 6.43. The van der Waals surface area contributed by atoms with Gasteiger partial charge in [0.15, 0.2) is 0 Å². The molecule has 0 radical (unpaired) electrons. The average Bonchev–Trinajstić information content (AvgIpc) is 2.35. The molecule has 0 aliphatic carbocycles. The van der Waals surface area contributed by atoms with Crippen LogP contribution in [-0.2, 0) is 11.3 Å². The Labute approximate surface area is 115 Å². The first-order chi connectivity index (χ1) is 9.28. The van der Waals surface area contributed by atoms with Crippen LogP contribution in [-0.4, -0.2) is 37.2 Å². The lowest BCUT2D eigenvalue weighted by Gasteiger charge is -2.23. The second-order valence-corrected chi connectivity index (χ2v) is 4.29. The highest BCUT2D eigenvalue weighted by atomic mass is 19.4. The molecule has 0 aliphatic heterocycles. The lowest BCUT2D eigenvalue weighted by Crippen LogP contribution is -2.34. The number of anilines is 1. The number of nitrogens with zero attached hydrogens (tertiary/aromatic N) is 1. The van der Waals surface area contributed by atoms with E-state index in [0.717, 1.165) is 0 Å². The number of ether oxygens (including phenoxy) is 1. The van der Waals surface area contributed by atoms with Crippen molar-refractivity contribution >= 4 is 11.7 Å². The monoisotopic (exact) mass is 290 g/mol. The van der Waals surface area contributed by atoms with Gasteiger partial charge in [0.05, 0.1) is 19.2 Å². The van der Waals surface area contributed by atoms with Gasteiger partial charge in [-0.25, -0.2) is 4.79 Å². The minimum atomic E-state index is -4.29. The summed E-state index contributed by atoms with van der Waals surface area (Å²) < 4.78 is 41.9. The highest BCUT2D eigenvalue weighted by molar-refractivity contribution is 5.96. The van der Waals surface area contributed by atoms with Crippen LogP contribution in [0.2, 0.25) is 0 Å². The van der Waals surface area contributed by atoms with E-state index >= 15 is 0 Å². The average molecular weight is 290 g/mol. The summed E-state index contributed by atoms with van der Waals surface area (Å²) in [7, 11) is 1.20. The van der Waals surface area contributed by atoms with Gasteiger partial charge in [-0.3, -0.25) is 4.90 Å². The number of carbonyl (C=O) groups excluding carboxylic acids is 1. The summed E-state index contributed by atoms with van der Waals surface area (Å²) in [6, 6.07) is 4.68. The Bertz CT molecular complexity index is 475. The molecule has 0 atom stereocenters. The summed E-state index contributed by atoms with van der Waals surface area (Å²) >= 11 is 0. The van der Waals surface area contributed by atoms with Gasteiger partial charge in [0, 0.05) is 12.2 Å². The maximum atomic E-state index is 12.4. The van der Waals surface area contributed by atoms with Gasteiger partial charge in [-0.1, -0.05) is 19.1 Å². The van der Waals surface area contributed by atoms with Gasteiger partial charge < -0.3 is 10.5 Å². The molecular weight excluding hydrogens is 273 g/mol. The maximum Gasteiger partial charge on any atom is 0.401 e. The summed E-state index contributed by atoms with van der Waals surface area (Å²) in [5, 5.41) is 0. The molecule has 112 valence electrons. The second kappa shape index (κ2) is 6.60. The molecular formula is C13H17F3N2O2. The van der Waals surface area contributed by atoms with Gasteiger partial charge in [-0.05, 0) is 18.2 Å². The van der Waals surface area contributed by atoms with E-state index in [9.17, 15) is 18.0 Å². The van der Waals surface area contributed by atoms with Crippen molar-refractivity contribution in [2.45, 2.75) is 19.6 Å². The van der Waals surface area contributed by atoms with Crippen molar-refractivity contribution < 1.29 is 22.7 Å². The Hall–Kier alpha value is -1.76. The van der Waals surface area contributed by atoms with Crippen LogP contribution in [0, 0.1) is 0 Å². The lowest BCUT2D eigenvalue weighted by atomic mass is 10.0. The molecule has 0 amide bonds. The van der Waals surface area contributed by atoms with Gasteiger partial charge in [0.1, 0.15) is 0 Å². The highest BCUT2D eigenvalue weighted by Crippen LogP contribution is 2.22. The third-order valence-electron chi connectivity index (χ3n) is 2.82. The zero-order chi connectivity index (χ0) is 15.3. The Morgan fingerprint density at radius 1 is 1.40 bits per heavy atom. The van der Waals surface area contributed by atoms with Crippen molar-refractivity contribution in [1.29, 1.82) is 0 Å². The Balaban J connectivity index is 3.01. The second-order valence-electron chi connectivity index (χ2n) is 4.29. The molecule has 1 aromatic carbocycles. The SMILES string of the molecule is CCN(Cc1cccc(N)c1C(=O)OC)CC(F)(F)F. The topological polar surface area (TPSA) is 55.6 Å². The van der Waals surface area contributed by atoms with E-state index in [1.54, 1.807) is 19.1 Å². The van der Waals surface area contributed by atoms with Gasteiger partial charge in [0.2, 0.25) is 0 Å². The molecule has 0 fully saturated rings. The van der Waals surface area contributed by atoms with Crippen LogP contribution >= 0.6 is 0 Å². The number of alkyl halides is 3. The number of carbonyl (C=O) groups is 1. The number of hydrogen-bond donors (Lipinski definition) is 1. The van der Waals surface area contributed by atoms with Crippen molar-refractivity contribution in [3.05, 3.63) is 29.3 Å². The molecule has 1 aromatic rings. The van der Waals surface area contributed by atoms with E-state index in [-0.39, 0.29) is 24.3 Å². The Morgan fingerprint density at radius 3 is 2.55 bits per heavy atom. The molecule has 20 heavy (non-hydrogen) atoms. The molecule has 4 nitrogen and oxygen atoms in total. The largest absolute Gasteiger partial charge is 0.465 e. The number of methoxy groups -OCH3 is 1. The fourth-order valence-electron chi connectivity index (χ4n) is 1.88. The van der Waals surface area contributed by atoms with Crippen LogP contribution < -0.4 is 5.73 Å². The van der Waals surface area contributed by atoms with Crippen molar-refractivity contribution in [3.8, 4) is 0 Å². The standard InChI is InChI=1S/C13H17F3N2O2/c1-3-18(8-13(14,15)16)7-9-5-4-6-10(17)11(9)12(19)20-2/h4-6H,3,7-8,17H2,1-2H3. The van der Waals surface area contributed by atoms with E-state index in [4.69, 9.17) is 5.73 Å². The summed E-state index contributed by atoms with van der Waals surface area (Å²) in [6.45, 7) is 0.759. The van der Waals surface area contributed by atoms with Gasteiger partial charge in [-0.15, -0.1) is 0 Å². The van der Waals surface area contributed by atoms with Crippen LogP contribution in [0.15, 0.2) is 18.2 Å². The van der Waals surface area contributed by atoms with E-state index in [2.05, 4.69) is 4.74 Å². The van der Waals surface area contributed by atoms with Crippen molar-refractivity contribution in [3.63, 3.8) is 0 Å². The normalized spacial score (nSPS) is 11.7. The fourth-order valence-corrected chi connectivity index (χ4v) is 1.88. The molecule has 0 unspecified atom stereocenters. The number of benzene rings is 1. The van der Waals surface area contributed by atoms with Crippen LogP contribution in [0.25, 0.3) is 0 Å². The molecule has 0 saturated carbocycles. The van der Waals surface area contributed by atoms with Gasteiger partial charge in [0.25, 0.3) is 0 Å². The fraction of sp³-hybridized carbons (Fsp3) is 0.462. The highest BCUT2D eigenvalue weighted by Gasteiger charge is 2.30. The van der Waals surface area contributed by atoms with Gasteiger partial charge in [-0.2, -0.15) is 13.2 Å². The first kappa shape index (κ1) is 16.3. The third-order valence-corrected chi connectivity index (χ3v) is 2.82. The van der Waals surface area contributed by atoms with Crippen LogP contribution in [0.5, 0.6) is 0 Å². The van der Waals surface area contributed by atoms with Crippen molar-refractivity contribution in [2.75, 3.05) is 25.9 Å². The number of halogens is 3. The number of esters is 1.